The predicted octanol–water partition coefficient (Wildman–Crippen LogP) is 4.15. The van der Waals surface area contributed by atoms with Gasteiger partial charge >= 0.3 is 5.97 Å². The van der Waals surface area contributed by atoms with Crippen LogP contribution in [0, 0.1) is 6.92 Å². The average molecular weight is 422 g/mol. The van der Waals surface area contributed by atoms with Gasteiger partial charge in [0.25, 0.3) is 0 Å². The fourth-order valence-electron chi connectivity index (χ4n) is 2.58. The lowest BCUT2D eigenvalue weighted by Gasteiger charge is -2.19. The maximum absolute atomic E-state index is 12.5. The summed E-state index contributed by atoms with van der Waals surface area (Å²) in [6.45, 7) is 8.52. The second kappa shape index (κ2) is 9.11. The molecule has 0 unspecified atom stereocenters. The highest BCUT2D eigenvalue weighted by molar-refractivity contribution is 7.99. The summed E-state index contributed by atoms with van der Waals surface area (Å²) in [6, 6.07) is 12.8. The van der Waals surface area contributed by atoms with Crippen molar-refractivity contribution in [3.05, 3.63) is 59.2 Å². The van der Waals surface area contributed by atoms with Crippen molar-refractivity contribution < 1.29 is 17.9 Å². The number of nitrogens with one attached hydrogen (secondary N) is 1. The lowest BCUT2D eigenvalue weighted by molar-refractivity contribution is 0.0599. The number of hydrogen-bond acceptors (Lipinski definition) is 5. The SMILES string of the molecule is COC(=O)c1cc(S(=O)(=O)NCCSc2ccc(C(C)(C)C)cc2)ccc1C. The zero-order valence-electron chi connectivity index (χ0n) is 16.9. The van der Waals surface area contributed by atoms with Gasteiger partial charge in [0.2, 0.25) is 10.0 Å². The Hall–Kier alpha value is -1.83. The second-order valence-electron chi connectivity index (χ2n) is 7.49. The molecule has 0 atom stereocenters. The van der Waals surface area contributed by atoms with E-state index in [0.29, 0.717) is 11.3 Å². The van der Waals surface area contributed by atoms with Crippen molar-refractivity contribution >= 4 is 27.8 Å². The van der Waals surface area contributed by atoms with Crippen molar-refractivity contribution in [1.29, 1.82) is 0 Å². The first-order valence-electron chi connectivity index (χ1n) is 8.96. The Morgan fingerprint density at radius 3 is 2.32 bits per heavy atom. The molecule has 0 aliphatic carbocycles. The van der Waals surface area contributed by atoms with Crippen LogP contribution in [0.3, 0.4) is 0 Å². The van der Waals surface area contributed by atoms with Crippen molar-refractivity contribution in [2.24, 2.45) is 0 Å². The van der Waals surface area contributed by atoms with E-state index in [1.807, 2.05) is 0 Å². The molecular formula is C21H27NO4S2. The van der Waals surface area contributed by atoms with Crippen molar-refractivity contribution in [1.82, 2.24) is 4.72 Å². The molecule has 0 aliphatic heterocycles. The molecule has 2 aromatic rings. The maximum Gasteiger partial charge on any atom is 0.338 e. The van der Waals surface area contributed by atoms with Crippen LogP contribution in [0.5, 0.6) is 0 Å². The highest BCUT2D eigenvalue weighted by atomic mass is 32.2. The van der Waals surface area contributed by atoms with E-state index in [1.54, 1.807) is 24.8 Å². The Morgan fingerprint density at radius 2 is 1.75 bits per heavy atom. The molecule has 0 aromatic heterocycles. The highest BCUT2D eigenvalue weighted by Gasteiger charge is 2.18. The fraction of sp³-hybridized carbons (Fsp3) is 0.381. The maximum atomic E-state index is 12.5. The molecule has 0 fully saturated rings. The normalized spacial score (nSPS) is 12.0. The number of hydrogen-bond donors (Lipinski definition) is 1. The number of rotatable bonds is 7. The van der Waals surface area contributed by atoms with Crippen molar-refractivity contribution in [2.45, 2.75) is 42.9 Å². The zero-order chi connectivity index (χ0) is 20.9. The number of sulfonamides is 1. The number of benzene rings is 2. The standard InChI is InChI=1S/C21H27NO4S2/c1-15-6-11-18(14-19(15)20(23)26-5)28(24,25)22-12-13-27-17-9-7-16(8-10-17)21(2,3)4/h6-11,14,22H,12-13H2,1-5H3. The van der Waals surface area contributed by atoms with Gasteiger partial charge in [-0.15, -0.1) is 11.8 Å². The van der Waals surface area contributed by atoms with Crippen molar-refractivity contribution in [2.75, 3.05) is 19.4 Å². The van der Waals surface area contributed by atoms with E-state index >= 15 is 0 Å². The highest BCUT2D eigenvalue weighted by Crippen LogP contribution is 2.25. The number of thioether (sulfide) groups is 1. The topological polar surface area (TPSA) is 72.5 Å². The molecule has 0 radical (unpaired) electrons. The van der Waals surface area contributed by atoms with E-state index in [1.165, 1.54) is 24.8 Å². The number of ether oxygens (including phenoxy) is 1. The van der Waals surface area contributed by atoms with Gasteiger partial charge in [0.1, 0.15) is 0 Å². The fourth-order valence-corrected chi connectivity index (χ4v) is 4.53. The molecule has 0 saturated carbocycles. The monoisotopic (exact) mass is 421 g/mol. The van der Waals surface area contributed by atoms with Gasteiger partial charge in [-0.2, -0.15) is 0 Å². The quantitative estimate of drug-likeness (QED) is 0.413. The van der Waals surface area contributed by atoms with Gasteiger partial charge in [-0.25, -0.2) is 17.9 Å². The van der Waals surface area contributed by atoms with E-state index in [2.05, 4.69) is 49.8 Å². The Morgan fingerprint density at radius 1 is 1.11 bits per heavy atom. The minimum Gasteiger partial charge on any atom is -0.465 e. The van der Waals surface area contributed by atoms with Crippen LogP contribution in [0.15, 0.2) is 52.3 Å². The Kier molecular flexibility index (Phi) is 7.31. The van der Waals surface area contributed by atoms with Crippen LogP contribution in [0.2, 0.25) is 0 Å². The van der Waals surface area contributed by atoms with E-state index in [0.717, 1.165) is 4.90 Å². The molecule has 1 N–H and O–H groups in total. The summed E-state index contributed by atoms with van der Waals surface area (Å²) < 4.78 is 32.3. The van der Waals surface area contributed by atoms with Crippen LogP contribution in [-0.4, -0.2) is 33.8 Å². The molecule has 7 heteroatoms. The first-order valence-corrected chi connectivity index (χ1v) is 11.4. The third kappa shape index (κ3) is 5.83. The number of methoxy groups -OCH3 is 1. The molecule has 0 saturated heterocycles. The van der Waals surface area contributed by atoms with E-state index < -0.39 is 16.0 Å². The largest absolute Gasteiger partial charge is 0.465 e. The molecule has 0 aliphatic rings. The summed E-state index contributed by atoms with van der Waals surface area (Å²) in [4.78, 5) is 12.9. The molecule has 0 amide bonds. The van der Waals surface area contributed by atoms with Crippen molar-refractivity contribution in [3.63, 3.8) is 0 Å². The van der Waals surface area contributed by atoms with E-state index in [-0.39, 0.29) is 22.4 Å². The van der Waals surface area contributed by atoms with Gasteiger partial charge in [0, 0.05) is 17.2 Å². The van der Waals surface area contributed by atoms with Gasteiger partial charge in [0.15, 0.2) is 0 Å². The molecule has 152 valence electrons. The number of aryl methyl sites for hydroxylation is 1. The van der Waals surface area contributed by atoms with Gasteiger partial charge in [0.05, 0.1) is 17.6 Å². The summed E-state index contributed by atoms with van der Waals surface area (Å²) in [6.07, 6.45) is 0. The Bertz CT molecular complexity index is 930. The van der Waals surface area contributed by atoms with E-state index in [9.17, 15) is 13.2 Å². The number of esters is 1. The Balaban J connectivity index is 1.96. The average Bonchev–Trinajstić information content (AvgIpc) is 2.64. The third-order valence-corrected chi connectivity index (χ3v) is 6.78. The van der Waals surface area contributed by atoms with Crippen LogP contribution in [0.1, 0.15) is 42.3 Å². The molecule has 2 aromatic carbocycles. The van der Waals surface area contributed by atoms with Crippen LogP contribution in [-0.2, 0) is 20.2 Å². The second-order valence-corrected chi connectivity index (χ2v) is 10.4. The summed E-state index contributed by atoms with van der Waals surface area (Å²) in [7, 11) is -2.42. The lowest BCUT2D eigenvalue weighted by atomic mass is 9.87. The number of carbonyl (C=O) groups is 1. The summed E-state index contributed by atoms with van der Waals surface area (Å²) in [5, 5.41) is 0. The van der Waals surface area contributed by atoms with Crippen LogP contribution in [0.25, 0.3) is 0 Å². The summed E-state index contributed by atoms with van der Waals surface area (Å²) >= 11 is 1.59. The molecule has 28 heavy (non-hydrogen) atoms. The minimum absolute atomic E-state index is 0.0537. The smallest absolute Gasteiger partial charge is 0.338 e. The lowest BCUT2D eigenvalue weighted by Crippen LogP contribution is -2.26. The molecule has 0 bridgehead atoms. The Labute approximate surface area is 171 Å². The molecular weight excluding hydrogens is 394 g/mol. The van der Waals surface area contributed by atoms with Crippen LogP contribution >= 0.6 is 11.8 Å². The zero-order valence-corrected chi connectivity index (χ0v) is 18.5. The summed E-state index contributed by atoms with van der Waals surface area (Å²) in [5.41, 5.74) is 2.28. The molecule has 0 spiro atoms. The van der Waals surface area contributed by atoms with Crippen LogP contribution < -0.4 is 4.72 Å². The van der Waals surface area contributed by atoms with Gasteiger partial charge in [-0.1, -0.05) is 39.0 Å². The first kappa shape index (κ1) is 22.5. The molecule has 5 nitrogen and oxygen atoms in total. The van der Waals surface area contributed by atoms with Crippen LogP contribution in [0.4, 0.5) is 0 Å². The summed E-state index contributed by atoms with van der Waals surface area (Å²) in [5.74, 6) is 0.0490. The number of carbonyl (C=O) groups excluding carboxylic acids is 1. The van der Waals surface area contributed by atoms with Gasteiger partial charge < -0.3 is 4.74 Å². The third-order valence-electron chi connectivity index (χ3n) is 4.31. The molecule has 2 rings (SSSR count). The predicted molar refractivity (Wildman–Crippen MR) is 114 cm³/mol. The van der Waals surface area contributed by atoms with Crippen molar-refractivity contribution in [3.8, 4) is 0 Å². The minimum atomic E-state index is -3.69. The van der Waals surface area contributed by atoms with Gasteiger partial charge in [-0.05, 0) is 47.7 Å². The van der Waals surface area contributed by atoms with Gasteiger partial charge in [-0.3, -0.25) is 0 Å². The molecule has 0 heterocycles. The first-order chi connectivity index (χ1) is 13.0. The van der Waals surface area contributed by atoms with E-state index in [4.69, 9.17) is 4.74 Å².